The lowest BCUT2D eigenvalue weighted by Crippen LogP contribution is -2.61. The van der Waals surface area contributed by atoms with Crippen molar-refractivity contribution in [3.63, 3.8) is 0 Å². The summed E-state index contributed by atoms with van der Waals surface area (Å²) in [4.78, 5) is 79.6. The lowest BCUT2D eigenvalue weighted by Gasteiger charge is -2.30. The average Bonchev–Trinajstić information content (AvgIpc) is 3.06. The second-order valence-corrected chi connectivity index (χ2v) is 15.4. The Bertz CT molecular complexity index is 1280. The van der Waals surface area contributed by atoms with E-state index in [9.17, 15) is 33.9 Å². The van der Waals surface area contributed by atoms with Crippen molar-refractivity contribution in [2.24, 2.45) is 29.4 Å². The zero-order valence-corrected chi connectivity index (χ0v) is 32.6. The highest BCUT2D eigenvalue weighted by molar-refractivity contribution is 7.98. The number of carboxylic acids is 1. The van der Waals surface area contributed by atoms with Crippen molar-refractivity contribution in [3.8, 4) is 0 Å². The average molecular weight is 735 g/mol. The van der Waals surface area contributed by atoms with Crippen LogP contribution in [0.4, 0.5) is 0 Å². The Morgan fingerprint density at radius 3 is 1.69 bits per heavy atom. The molecule has 288 valence electrons. The van der Waals surface area contributed by atoms with Gasteiger partial charge in [0.15, 0.2) is 0 Å². The molecule has 1 rings (SSSR count). The van der Waals surface area contributed by atoms with E-state index < -0.39 is 71.8 Å². The Hall–Kier alpha value is -3.65. The number of carbonyl (C=O) groups is 6. The lowest BCUT2D eigenvalue weighted by atomic mass is 9.95. The van der Waals surface area contributed by atoms with Gasteiger partial charge in [0, 0.05) is 6.42 Å². The number of hydrogen-bond acceptors (Lipinski definition) is 8. The molecule has 0 aliphatic carbocycles. The normalized spacial score (nSPS) is 15.5. The summed E-state index contributed by atoms with van der Waals surface area (Å²) >= 11 is 1.56. The van der Waals surface area contributed by atoms with Crippen LogP contribution in [0.1, 0.15) is 86.6 Å². The Morgan fingerprint density at radius 1 is 0.686 bits per heavy atom. The van der Waals surface area contributed by atoms with Gasteiger partial charge in [0.05, 0.1) is 6.04 Å². The van der Waals surface area contributed by atoms with Gasteiger partial charge in [-0.05, 0) is 60.5 Å². The number of amides is 5. The summed E-state index contributed by atoms with van der Waals surface area (Å²) in [5.74, 6) is -4.08. The number of thioether (sulfide) groups is 1. The Kier molecular flexibility index (Phi) is 20.5. The molecular formula is C37H62N6O7S. The van der Waals surface area contributed by atoms with E-state index in [1.165, 1.54) is 0 Å². The van der Waals surface area contributed by atoms with E-state index in [-0.39, 0.29) is 42.9 Å². The summed E-state index contributed by atoms with van der Waals surface area (Å²) in [5.41, 5.74) is 6.81. The minimum absolute atomic E-state index is 0.00787. The SMILES string of the molecule is CCC(C)C(NC(=O)C(Cc1ccccc1)NC(=O)C(NC(=O)C(N)CCSC)C(C)C)C(=O)NC(CC(C)C)C(=O)NC(CC(C)C)C(=O)O. The van der Waals surface area contributed by atoms with Gasteiger partial charge in [0.25, 0.3) is 0 Å². The van der Waals surface area contributed by atoms with Crippen molar-refractivity contribution < 1.29 is 33.9 Å². The first-order chi connectivity index (χ1) is 23.9. The van der Waals surface area contributed by atoms with Gasteiger partial charge < -0.3 is 37.4 Å². The zero-order valence-electron chi connectivity index (χ0n) is 31.8. The second kappa shape index (κ2) is 23.0. The molecule has 5 amide bonds. The molecule has 8 N–H and O–H groups in total. The molecule has 7 atom stereocenters. The summed E-state index contributed by atoms with van der Waals surface area (Å²) in [5, 5.41) is 23.4. The summed E-state index contributed by atoms with van der Waals surface area (Å²) in [6.45, 7) is 14.7. The molecule has 51 heavy (non-hydrogen) atoms. The minimum atomic E-state index is -1.17. The fourth-order valence-corrected chi connectivity index (χ4v) is 5.87. The van der Waals surface area contributed by atoms with Crippen molar-refractivity contribution in [3.05, 3.63) is 35.9 Å². The minimum Gasteiger partial charge on any atom is -0.480 e. The molecule has 0 aliphatic rings. The predicted molar refractivity (Wildman–Crippen MR) is 202 cm³/mol. The van der Waals surface area contributed by atoms with Gasteiger partial charge >= 0.3 is 5.97 Å². The van der Waals surface area contributed by atoms with Crippen LogP contribution in [0.2, 0.25) is 0 Å². The molecule has 0 saturated carbocycles. The van der Waals surface area contributed by atoms with E-state index >= 15 is 0 Å². The lowest BCUT2D eigenvalue weighted by molar-refractivity contribution is -0.143. The number of aliphatic carboxylic acids is 1. The number of benzene rings is 1. The first-order valence-corrected chi connectivity index (χ1v) is 19.3. The van der Waals surface area contributed by atoms with Crippen molar-refractivity contribution >= 4 is 47.3 Å². The third kappa shape index (κ3) is 16.5. The van der Waals surface area contributed by atoms with E-state index in [1.807, 2.05) is 71.2 Å². The Labute approximate surface area is 308 Å². The summed E-state index contributed by atoms with van der Waals surface area (Å²) < 4.78 is 0. The van der Waals surface area contributed by atoms with Crippen LogP contribution in [-0.2, 0) is 35.2 Å². The molecule has 7 unspecified atom stereocenters. The monoisotopic (exact) mass is 734 g/mol. The third-order valence-corrected chi connectivity index (χ3v) is 9.23. The molecule has 14 heteroatoms. The molecule has 1 aromatic rings. The van der Waals surface area contributed by atoms with Gasteiger partial charge in [-0.1, -0.05) is 92.1 Å². The Balaban J connectivity index is 3.34. The molecular weight excluding hydrogens is 673 g/mol. The van der Waals surface area contributed by atoms with E-state index in [2.05, 4.69) is 26.6 Å². The maximum absolute atomic E-state index is 14.0. The first kappa shape index (κ1) is 45.4. The molecule has 0 bridgehead atoms. The molecule has 0 saturated heterocycles. The molecule has 0 spiro atoms. The molecule has 0 aliphatic heterocycles. The highest BCUT2D eigenvalue weighted by Gasteiger charge is 2.35. The number of hydrogen-bond donors (Lipinski definition) is 7. The van der Waals surface area contributed by atoms with Gasteiger partial charge in [-0.15, -0.1) is 0 Å². The molecule has 0 fully saturated rings. The Morgan fingerprint density at radius 2 is 1.18 bits per heavy atom. The molecule has 1 aromatic carbocycles. The maximum atomic E-state index is 14.0. The number of rotatable bonds is 23. The number of carbonyl (C=O) groups excluding carboxylic acids is 5. The van der Waals surface area contributed by atoms with Gasteiger partial charge in [0.2, 0.25) is 29.5 Å². The van der Waals surface area contributed by atoms with Gasteiger partial charge in [0.1, 0.15) is 30.2 Å². The van der Waals surface area contributed by atoms with Crippen molar-refractivity contribution in [2.45, 2.75) is 124 Å². The molecule has 0 aromatic heterocycles. The van der Waals surface area contributed by atoms with Crippen LogP contribution in [0, 0.1) is 23.7 Å². The largest absolute Gasteiger partial charge is 0.480 e. The molecule has 0 radical (unpaired) electrons. The summed E-state index contributed by atoms with van der Waals surface area (Å²) in [6, 6.07) is 2.94. The fraction of sp³-hybridized carbons (Fsp3) is 0.676. The number of carboxylic acid groups (broad SMARTS) is 1. The topological polar surface area (TPSA) is 209 Å². The van der Waals surface area contributed by atoms with Gasteiger partial charge in [-0.3, -0.25) is 24.0 Å². The predicted octanol–water partition coefficient (Wildman–Crippen LogP) is 2.61. The fourth-order valence-electron chi connectivity index (χ4n) is 5.38. The summed E-state index contributed by atoms with van der Waals surface area (Å²) in [6.07, 6.45) is 3.41. The highest BCUT2D eigenvalue weighted by atomic mass is 32.2. The van der Waals surface area contributed by atoms with E-state index in [1.54, 1.807) is 32.5 Å². The molecule has 13 nitrogen and oxygen atoms in total. The van der Waals surface area contributed by atoms with E-state index in [4.69, 9.17) is 5.73 Å². The van der Waals surface area contributed by atoms with Gasteiger partial charge in [-0.25, -0.2) is 4.79 Å². The van der Waals surface area contributed by atoms with Crippen LogP contribution >= 0.6 is 11.8 Å². The van der Waals surface area contributed by atoms with Gasteiger partial charge in [-0.2, -0.15) is 11.8 Å². The van der Waals surface area contributed by atoms with Crippen molar-refractivity contribution in [1.82, 2.24) is 26.6 Å². The second-order valence-electron chi connectivity index (χ2n) is 14.5. The van der Waals surface area contributed by atoms with Crippen LogP contribution in [0.3, 0.4) is 0 Å². The van der Waals surface area contributed by atoms with E-state index in [0.717, 1.165) is 5.56 Å². The summed E-state index contributed by atoms with van der Waals surface area (Å²) in [7, 11) is 0. The molecule has 0 heterocycles. The number of nitrogens with two attached hydrogens (primary N) is 1. The van der Waals surface area contributed by atoms with Crippen LogP contribution < -0.4 is 32.3 Å². The smallest absolute Gasteiger partial charge is 0.326 e. The quantitative estimate of drug-likeness (QED) is 0.0881. The number of nitrogens with one attached hydrogen (secondary N) is 5. The maximum Gasteiger partial charge on any atom is 0.326 e. The zero-order chi connectivity index (χ0) is 38.8. The van der Waals surface area contributed by atoms with Crippen LogP contribution in [0.15, 0.2) is 30.3 Å². The van der Waals surface area contributed by atoms with Crippen LogP contribution in [0.25, 0.3) is 0 Å². The van der Waals surface area contributed by atoms with E-state index in [0.29, 0.717) is 18.6 Å². The third-order valence-electron chi connectivity index (χ3n) is 8.59. The van der Waals surface area contributed by atoms with Crippen LogP contribution in [0.5, 0.6) is 0 Å². The van der Waals surface area contributed by atoms with Crippen molar-refractivity contribution in [2.75, 3.05) is 12.0 Å². The van der Waals surface area contributed by atoms with Crippen molar-refractivity contribution in [1.29, 1.82) is 0 Å². The van der Waals surface area contributed by atoms with Crippen LogP contribution in [-0.4, -0.2) is 88.9 Å². The standard InChI is InChI=1S/C37H62N6O7S/c1-10-24(8)31(36(48)39-27(18-21(2)3)33(45)41-29(37(49)50)19-22(4)5)43-34(46)28(20-25-14-12-11-13-15-25)40-35(47)30(23(6)7)42-32(44)26(38)16-17-51-9/h11-15,21-24,26-31H,10,16-20,38H2,1-9H3,(H,39,48)(H,40,47)(H,41,45)(H,42,44)(H,43,46)(H,49,50). The highest BCUT2D eigenvalue weighted by Crippen LogP contribution is 2.14. The first-order valence-electron chi connectivity index (χ1n) is 17.9.